The molecule has 0 aliphatic carbocycles. The first-order valence-corrected chi connectivity index (χ1v) is 4.87. The van der Waals surface area contributed by atoms with Gasteiger partial charge in [-0.15, -0.1) is 11.6 Å². The Morgan fingerprint density at radius 3 is 2.69 bits per heavy atom. The predicted octanol–water partition coefficient (Wildman–Crippen LogP) is 3.00. The molecule has 1 aromatic carbocycles. The third-order valence-corrected chi connectivity index (χ3v) is 2.37. The van der Waals surface area contributed by atoms with Gasteiger partial charge in [0.15, 0.2) is 5.78 Å². The van der Waals surface area contributed by atoms with Gasteiger partial charge in [0, 0.05) is 11.4 Å². The van der Waals surface area contributed by atoms with Crippen LogP contribution in [0, 0.1) is 6.92 Å². The van der Waals surface area contributed by atoms with E-state index in [-0.39, 0.29) is 11.7 Å². The first-order chi connectivity index (χ1) is 6.13. The summed E-state index contributed by atoms with van der Waals surface area (Å²) < 4.78 is 0. The number of hydrogen-bond acceptors (Lipinski definition) is 1. The number of rotatable bonds is 3. The van der Waals surface area contributed by atoms with Crippen LogP contribution in [0.1, 0.15) is 11.1 Å². The van der Waals surface area contributed by atoms with Gasteiger partial charge in [0.1, 0.15) is 0 Å². The lowest BCUT2D eigenvalue weighted by molar-refractivity contribution is -0.116. The molecular weight excluding hydrogens is 207 g/mol. The van der Waals surface area contributed by atoms with E-state index >= 15 is 0 Å². The molecule has 0 heterocycles. The van der Waals surface area contributed by atoms with Crippen molar-refractivity contribution in [3.63, 3.8) is 0 Å². The highest BCUT2D eigenvalue weighted by atomic mass is 35.5. The Hall–Kier alpha value is -0.530. The average Bonchev–Trinajstić information content (AvgIpc) is 2.09. The van der Waals surface area contributed by atoms with Crippen LogP contribution in [0.3, 0.4) is 0 Å². The molecule has 0 bridgehead atoms. The Balaban J connectivity index is 2.83. The monoisotopic (exact) mass is 216 g/mol. The predicted molar refractivity (Wildman–Crippen MR) is 55.6 cm³/mol. The number of Topliss-reactive ketones (excluding diaryl/α,β-unsaturated/α-hetero) is 1. The summed E-state index contributed by atoms with van der Waals surface area (Å²) in [7, 11) is 0. The second kappa shape index (κ2) is 4.64. The Morgan fingerprint density at radius 2 is 2.15 bits per heavy atom. The summed E-state index contributed by atoms with van der Waals surface area (Å²) in [6.07, 6.45) is 0.395. The number of carbonyl (C=O) groups is 1. The molecule has 1 nitrogen and oxygen atoms in total. The standard InChI is InChI=1S/C10H10Cl2O/c1-7-4-9(12)3-2-8(7)5-10(13)6-11/h2-4H,5-6H2,1H3. The summed E-state index contributed by atoms with van der Waals surface area (Å²) in [5.74, 6) is 0.106. The smallest absolute Gasteiger partial charge is 0.151 e. The van der Waals surface area contributed by atoms with Crippen molar-refractivity contribution in [3.8, 4) is 0 Å². The molecule has 0 radical (unpaired) electrons. The molecule has 0 unspecified atom stereocenters. The molecule has 0 aromatic heterocycles. The summed E-state index contributed by atoms with van der Waals surface area (Å²) in [5, 5.41) is 0.694. The molecule has 0 saturated heterocycles. The molecule has 13 heavy (non-hydrogen) atoms. The van der Waals surface area contributed by atoms with Gasteiger partial charge in [-0.3, -0.25) is 4.79 Å². The van der Waals surface area contributed by atoms with Gasteiger partial charge < -0.3 is 0 Å². The van der Waals surface area contributed by atoms with E-state index in [4.69, 9.17) is 23.2 Å². The van der Waals surface area contributed by atoms with Gasteiger partial charge in [-0.2, -0.15) is 0 Å². The quantitative estimate of drug-likeness (QED) is 0.711. The molecular formula is C10H10Cl2O. The molecule has 0 aliphatic rings. The fraction of sp³-hybridized carbons (Fsp3) is 0.300. The van der Waals surface area contributed by atoms with Crippen LogP contribution in [0.5, 0.6) is 0 Å². The number of alkyl halides is 1. The molecule has 0 fully saturated rings. The third kappa shape index (κ3) is 3.02. The van der Waals surface area contributed by atoms with Crippen LogP contribution in [-0.2, 0) is 11.2 Å². The van der Waals surface area contributed by atoms with E-state index in [9.17, 15) is 4.79 Å². The van der Waals surface area contributed by atoms with Gasteiger partial charge >= 0.3 is 0 Å². The lowest BCUT2D eigenvalue weighted by Crippen LogP contribution is -2.04. The van der Waals surface area contributed by atoms with Crippen molar-refractivity contribution in [2.24, 2.45) is 0 Å². The second-order valence-corrected chi connectivity index (χ2v) is 3.62. The van der Waals surface area contributed by atoms with E-state index in [1.54, 1.807) is 6.07 Å². The highest BCUT2D eigenvalue weighted by Gasteiger charge is 2.04. The maximum Gasteiger partial charge on any atom is 0.151 e. The van der Waals surface area contributed by atoms with Gasteiger partial charge in [-0.1, -0.05) is 17.7 Å². The molecule has 1 aromatic rings. The third-order valence-electron chi connectivity index (χ3n) is 1.84. The van der Waals surface area contributed by atoms with Crippen molar-refractivity contribution in [1.82, 2.24) is 0 Å². The van der Waals surface area contributed by atoms with Crippen LogP contribution < -0.4 is 0 Å². The van der Waals surface area contributed by atoms with Gasteiger partial charge in [0.2, 0.25) is 0 Å². The van der Waals surface area contributed by atoms with E-state index in [2.05, 4.69) is 0 Å². The summed E-state index contributed by atoms with van der Waals surface area (Å²) in [4.78, 5) is 11.1. The molecule has 0 atom stereocenters. The van der Waals surface area contributed by atoms with Gasteiger partial charge in [-0.05, 0) is 30.2 Å². The number of hydrogen-bond donors (Lipinski definition) is 0. The molecule has 0 saturated carbocycles. The summed E-state index contributed by atoms with van der Waals surface area (Å²) in [5.41, 5.74) is 2.03. The van der Waals surface area contributed by atoms with E-state index in [0.29, 0.717) is 11.4 Å². The minimum atomic E-state index is 0.0343. The maximum absolute atomic E-state index is 11.1. The van der Waals surface area contributed by atoms with Crippen molar-refractivity contribution in [1.29, 1.82) is 0 Å². The van der Waals surface area contributed by atoms with E-state index < -0.39 is 0 Å². The van der Waals surface area contributed by atoms with Crippen LogP contribution in [0.25, 0.3) is 0 Å². The zero-order chi connectivity index (χ0) is 9.84. The molecule has 70 valence electrons. The minimum absolute atomic E-state index is 0.0343. The van der Waals surface area contributed by atoms with E-state index in [0.717, 1.165) is 11.1 Å². The largest absolute Gasteiger partial charge is 0.298 e. The molecule has 3 heteroatoms. The van der Waals surface area contributed by atoms with Crippen molar-refractivity contribution in [2.45, 2.75) is 13.3 Å². The summed E-state index contributed by atoms with van der Waals surface area (Å²) in [6, 6.07) is 5.49. The Kier molecular flexibility index (Phi) is 3.76. The number of aryl methyl sites for hydroxylation is 1. The van der Waals surface area contributed by atoms with Crippen molar-refractivity contribution in [3.05, 3.63) is 34.3 Å². The van der Waals surface area contributed by atoms with Crippen LogP contribution in [0.4, 0.5) is 0 Å². The maximum atomic E-state index is 11.1. The first-order valence-electron chi connectivity index (χ1n) is 3.96. The molecule has 0 spiro atoms. The fourth-order valence-electron chi connectivity index (χ4n) is 1.12. The minimum Gasteiger partial charge on any atom is -0.298 e. The molecule has 0 aliphatic heterocycles. The lowest BCUT2D eigenvalue weighted by atomic mass is 10.0. The molecule has 0 N–H and O–H groups in total. The number of benzene rings is 1. The zero-order valence-electron chi connectivity index (χ0n) is 7.31. The topological polar surface area (TPSA) is 17.1 Å². The van der Waals surface area contributed by atoms with Gasteiger partial charge in [0.05, 0.1) is 5.88 Å². The summed E-state index contributed by atoms with van der Waals surface area (Å²) >= 11 is 11.2. The van der Waals surface area contributed by atoms with Crippen molar-refractivity contribution >= 4 is 29.0 Å². The Morgan fingerprint density at radius 1 is 1.46 bits per heavy atom. The van der Waals surface area contributed by atoms with Crippen LogP contribution in [-0.4, -0.2) is 11.7 Å². The van der Waals surface area contributed by atoms with Crippen molar-refractivity contribution in [2.75, 3.05) is 5.88 Å². The Bertz CT molecular complexity index is 321. The highest BCUT2D eigenvalue weighted by Crippen LogP contribution is 2.15. The van der Waals surface area contributed by atoms with Crippen molar-refractivity contribution < 1.29 is 4.79 Å². The second-order valence-electron chi connectivity index (χ2n) is 2.92. The SMILES string of the molecule is Cc1cc(Cl)ccc1CC(=O)CCl. The number of ketones is 1. The van der Waals surface area contributed by atoms with Crippen LogP contribution >= 0.6 is 23.2 Å². The van der Waals surface area contributed by atoms with Crippen LogP contribution in [0.15, 0.2) is 18.2 Å². The normalized spacial score (nSPS) is 10.1. The number of halogens is 2. The number of carbonyl (C=O) groups excluding carboxylic acids is 1. The average molecular weight is 217 g/mol. The van der Waals surface area contributed by atoms with Gasteiger partial charge in [-0.25, -0.2) is 0 Å². The first kappa shape index (κ1) is 10.6. The molecule has 0 amide bonds. The molecule has 1 rings (SSSR count). The van der Waals surface area contributed by atoms with E-state index in [1.807, 2.05) is 19.1 Å². The van der Waals surface area contributed by atoms with Crippen LogP contribution in [0.2, 0.25) is 5.02 Å². The van der Waals surface area contributed by atoms with Gasteiger partial charge in [0.25, 0.3) is 0 Å². The Labute approximate surface area is 87.7 Å². The fourth-order valence-corrected chi connectivity index (χ4v) is 1.44. The lowest BCUT2D eigenvalue weighted by Gasteiger charge is -2.03. The zero-order valence-corrected chi connectivity index (χ0v) is 8.82. The highest BCUT2D eigenvalue weighted by molar-refractivity contribution is 6.30. The summed E-state index contributed by atoms with van der Waals surface area (Å²) in [6.45, 7) is 1.93. The van der Waals surface area contributed by atoms with E-state index in [1.165, 1.54) is 0 Å².